The van der Waals surface area contributed by atoms with Crippen molar-refractivity contribution in [3.63, 3.8) is 0 Å². The standard InChI is InChI=1S/C50H39N/c1-3-12-35(13-4-1)49-33-45(26-28-46(49)40-24-27-48-42(30-40)31-41-22-20-36-14-9-10-18-47(36)50(41)48)51(43-16-5-2-6-17-43)44-25-23-39(32-44)38-21-19-34-11-7-8-15-37(34)29-38/h1-3,5-7,9-12,14,16-30,33H,4,8,13,15,31-32H2. The van der Waals surface area contributed by atoms with E-state index in [-0.39, 0.29) is 0 Å². The molecule has 0 heterocycles. The molecule has 0 fully saturated rings. The van der Waals surface area contributed by atoms with Gasteiger partial charge < -0.3 is 4.90 Å². The fraction of sp³-hybridized carbons (Fsp3) is 0.120. The Labute approximate surface area is 300 Å². The van der Waals surface area contributed by atoms with Crippen molar-refractivity contribution in [2.45, 2.75) is 38.5 Å². The summed E-state index contributed by atoms with van der Waals surface area (Å²) in [6.07, 6.45) is 22.3. The summed E-state index contributed by atoms with van der Waals surface area (Å²) in [5, 5.41) is 2.67. The maximum Gasteiger partial charge on any atom is 0.0465 e. The lowest BCUT2D eigenvalue weighted by atomic mass is 9.88. The molecule has 0 atom stereocenters. The quantitative estimate of drug-likeness (QED) is 0.173. The van der Waals surface area contributed by atoms with Crippen molar-refractivity contribution in [3.05, 3.63) is 197 Å². The third-order valence-corrected chi connectivity index (χ3v) is 11.2. The van der Waals surface area contributed by atoms with Gasteiger partial charge in [-0.1, -0.05) is 134 Å². The number of benzene rings is 6. The van der Waals surface area contributed by atoms with Crippen LogP contribution in [0.5, 0.6) is 0 Å². The van der Waals surface area contributed by atoms with E-state index >= 15 is 0 Å². The van der Waals surface area contributed by atoms with Gasteiger partial charge in [0.2, 0.25) is 0 Å². The molecule has 0 amide bonds. The van der Waals surface area contributed by atoms with Crippen LogP contribution in [0, 0.1) is 0 Å². The number of nitrogens with zero attached hydrogens (tertiary/aromatic N) is 1. The van der Waals surface area contributed by atoms with Crippen LogP contribution in [0.25, 0.3) is 50.2 Å². The average molecular weight is 654 g/mol. The minimum atomic E-state index is 0.895. The number of rotatable bonds is 6. The Hall–Kier alpha value is -5.92. The zero-order chi connectivity index (χ0) is 33.7. The lowest BCUT2D eigenvalue weighted by Crippen LogP contribution is -2.16. The first-order valence-corrected chi connectivity index (χ1v) is 18.5. The predicted octanol–water partition coefficient (Wildman–Crippen LogP) is 13.3. The molecule has 0 aliphatic heterocycles. The minimum absolute atomic E-state index is 0.895. The predicted molar refractivity (Wildman–Crippen MR) is 217 cm³/mol. The second kappa shape index (κ2) is 12.4. The van der Waals surface area contributed by atoms with Crippen LogP contribution < -0.4 is 4.90 Å². The molecule has 0 saturated heterocycles. The van der Waals surface area contributed by atoms with Gasteiger partial charge in [0.15, 0.2) is 0 Å². The molecule has 244 valence electrons. The first-order valence-electron chi connectivity index (χ1n) is 18.5. The molecule has 0 unspecified atom stereocenters. The smallest absolute Gasteiger partial charge is 0.0465 e. The number of allylic oxidation sites excluding steroid dienone is 8. The van der Waals surface area contributed by atoms with Gasteiger partial charge in [0, 0.05) is 23.5 Å². The molecular weight excluding hydrogens is 615 g/mol. The first kappa shape index (κ1) is 29.9. The number of hydrogen-bond acceptors (Lipinski definition) is 1. The van der Waals surface area contributed by atoms with Crippen molar-refractivity contribution < 1.29 is 0 Å². The van der Waals surface area contributed by atoms with Gasteiger partial charge in [-0.3, -0.25) is 0 Å². The number of aryl methyl sites for hydroxylation is 1. The van der Waals surface area contributed by atoms with E-state index in [0.29, 0.717) is 0 Å². The van der Waals surface area contributed by atoms with Gasteiger partial charge in [0.1, 0.15) is 0 Å². The third-order valence-electron chi connectivity index (χ3n) is 11.2. The van der Waals surface area contributed by atoms with E-state index < -0.39 is 0 Å². The van der Waals surface area contributed by atoms with Crippen LogP contribution in [-0.4, -0.2) is 0 Å². The summed E-state index contributed by atoms with van der Waals surface area (Å²) in [6, 6.07) is 45.7. The highest BCUT2D eigenvalue weighted by molar-refractivity contribution is 6.01. The molecule has 51 heavy (non-hydrogen) atoms. The minimum Gasteiger partial charge on any atom is -0.314 e. The number of hydrogen-bond donors (Lipinski definition) is 0. The molecule has 0 bridgehead atoms. The summed E-state index contributed by atoms with van der Waals surface area (Å²) in [6.45, 7) is 0. The van der Waals surface area contributed by atoms with E-state index in [1.54, 1.807) is 0 Å². The highest BCUT2D eigenvalue weighted by Gasteiger charge is 2.24. The maximum atomic E-state index is 2.47. The van der Waals surface area contributed by atoms with Gasteiger partial charge in [0.25, 0.3) is 0 Å². The van der Waals surface area contributed by atoms with Crippen LogP contribution in [-0.2, 0) is 12.8 Å². The Morgan fingerprint density at radius 1 is 0.490 bits per heavy atom. The van der Waals surface area contributed by atoms with Gasteiger partial charge in [-0.05, 0) is 140 Å². The van der Waals surface area contributed by atoms with Crippen LogP contribution in [0.3, 0.4) is 0 Å². The van der Waals surface area contributed by atoms with Crippen LogP contribution in [0.4, 0.5) is 11.4 Å². The molecule has 1 nitrogen and oxygen atoms in total. The molecule has 0 aromatic heterocycles. The van der Waals surface area contributed by atoms with E-state index in [1.165, 1.54) is 94.6 Å². The Morgan fingerprint density at radius 2 is 1.33 bits per heavy atom. The van der Waals surface area contributed by atoms with Gasteiger partial charge in [-0.2, -0.15) is 0 Å². The number of anilines is 2. The topological polar surface area (TPSA) is 3.24 Å². The molecule has 4 aliphatic carbocycles. The Bertz CT molecular complexity index is 2520. The lowest BCUT2D eigenvalue weighted by Gasteiger charge is -2.28. The monoisotopic (exact) mass is 653 g/mol. The molecule has 6 aromatic carbocycles. The molecule has 0 N–H and O–H groups in total. The van der Waals surface area contributed by atoms with Gasteiger partial charge in [0.05, 0.1) is 0 Å². The zero-order valence-corrected chi connectivity index (χ0v) is 28.8. The molecule has 0 radical (unpaired) electrons. The van der Waals surface area contributed by atoms with Crippen molar-refractivity contribution in [1.82, 2.24) is 0 Å². The summed E-state index contributed by atoms with van der Waals surface area (Å²) in [5.74, 6) is 0. The van der Waals surface area contributed by atoms with Crippen molar-refractivity contribution in [2.75, 3.05) is 4.90 Å². The SMILES string of the molecule is C1=CCCC(c2cc(N(C3=CC=C(c4ccc5c(c4)CCC=C5)C3)c3ccccc3)ccc2-c2ccc3c(c2)Cc2ccc4ccccc4c2-3)=C1. The maximum absolute atomic E-state index is 2.47. The third kappa shape index (κ3) is 5.32. The van der Waals surface area contributed by atoms with E-state index in [1.807, 2.05) is 0 Å². The average Bonchev–Trinajstić information content (AvgIpc) is 3.84. The van der Waals surface area contributed by atoms with E-state index in [9.17, 15) is 0 Å². The summed E-state index contributed by atoms with van der Waals surface area (Å²) in [5.41, 5.74) is 20.2. The Morgan fingerprint density at radius 3 is 2.25 bits per heavy atom. The van der Waals surface area contributed by atoms with E-state index in [2.05, 4.69) is 169 Å². The largest absolute Gasteiger partial charge is 0.314 e. The van der Waals surface area contributed by atoms with Gasteiger partial charge in [-0.15, -0.1) is 0 Å². The van der Waals surface area contributed by atoms with Crippen LogP contribution >= 0.6 is 0 Å². The van der Waals surface area contributed by atoms with Crippen LogP contribution in [0.1, 0.15) is 59.1 Å². The molecule has 10 rings (SSSR count). The van der Waals surface area contributed by atoms with E-state index in [4.69, 9.17) is 0 Å². The molecular formula is C50H39N. The number of para-hydroxylation sites is 1. The van der Waals surface area contributed by atoms with Crippen molar-refractivity contribution in [3.8, 4) is 22.3 Å². The Balaban J connectivity index is 1.04. The Kier molecular flexibility index (Phi) is 7.31. The first-order chi connectivity index (χ1) is 25.3. The van der Waals surface area contributed by atoms with E-state index in [0.717, 1.165) is 38.5 Å². The number of fused-ring (bicyclic) bond motifs is 6. The normalized spacial score (nSPS) is 15.6. The fourth-order valence-electron chi connectivity index (χ4n) is 8.71. The summed E-state index contributed by atoms with van der Waals surface area (Å²) < 4.78 is 0. The van der Waals surface area contributed by atoms with Crippen LogP contribution in [0.2, 0.25) is 0 Å². The van der Waals surface area contributed by atoms with Crippen LogP contribution in [0.15, 0.2) is 163 Å². The van der Waals surface area contributed by atoms with Crippen molar-refractivity contribution in [1.29, 1.82) is 0 Å². The highest BCUT2D eigenvalue weighted by Crippen LogP contribution is 2.45. The highest BCUT2D eigenvalue weighted by atomic mass is 15.1. The molecule has 0 spiro atoms. The second-order valence-electron chi connectivity index (χ2n) is 14.3. The summed E-state index contributed by atoms with van der Waals surface area (Å²) in [4.78, 5) is 2.47. The fourth-order valence-corrected chi connectivity index (χ4v) is 8.71. The molecule has 4 aliphatic rings. The summed E-state index contributed by atoms with van der Waals surface area (Å²) in [7, 11) is 0. The van der Waals surface area contributed by atoms with Gasteiger partial charge >= 0.3 is 0 Å². The lowest BCUT2D eigenvalue weighted by molar-refractivity contribution is 0.984. The zero-order valence-electron chi connectivity index (χ0n) is 28.8. The van der Waals surface area contributed by atoms with Crippen molar-refractivity contribution >= 4 is 39.4 Å². The molecule has 0 saturated carbocycles. The molecule has 6 aromatic rings. The molecule has 1 heteroatoms. The summed E-state index contributed by atoms with van der Waals surface area (Å²) >= 11 is 0. The van der Waals surface area contributed by atoms with Crippen molar-refractivity contribution in [2.24, 2.45) is 0 Å². The van der Waals surface area contributed by atoms with Gasteiger partial charge in [-0.25, -0.2) is 0 Å². The second-order valence-corrected chi connectivity index (χ2v) is 14.3.